The van der Waals surface area contributed by atoms with Gasteiger partial charge in [0.1, 0.15) is 0 Å². The number of aromatic nitrogens is 1. The van der Waals surface area contributed by atoms with E-state index in [4.69, 9.17) is 9.84 Å². The van der Waals surface area contributed by atoms with Crippen LogP contribution < -0.4 is 4.74 Å². The highest BCUT2D eigenvalue weighted by molar-refractivity contribution is 5.83. The molecule has 0 spiro atoms. The van der Waals surface area contributed by atoms with Gasteiger partial charge < -0.3 is 9.84 Å². The Morgan fingerprint density at radius 2 is 2.16 bits per heavy atom. The second kappa shape index (κ2) is 5.69. The monoisotopic (exact) mass is 259 g/mol. The Labute approximate surface area is 112 Å². The molecule has 0 saturated carbocycles. The molecule has 1 unspecified atom stereocenters. The van der Waals surface area contributed by atoms with Crippen LogP contribution in [0.2, 0.25) is 0 Å². The predicted molar refractivity (Wildman–Crippen MR) is 73.4 cm³/mol. The van der Waals surface area contributed by atoms with E-state index in [9.17, 15) is 4.79 Å². The molecular weight excluding hydrogens is 242 g/mol. The standard InChI is InChI=1S/C15H17NO3/c1-3-11(15(17)18)6-10-4-5-12-8-14(19-2)16-9-13(12)7-10/h4-5,7-9,11H,3,6H2,1-2H3,(H,17,18). The molecule has 0 aliphatic heterocycles. The summed E-state index contributed by atoms with van der Waals surface area (Å²) in [6, 6.07) is 7.80. The van der Waals surface area contributed by atoms with Crippen molar-refractivity contribution in [3.63, 3.8) is 0 Å². The number of carbonyl (C=O) groups is 1. The molecule has 0 bridgehead atoms. The van der Waals surface area contributed by atoms with E-state index in [0.29, 0.717) is 18.7 Å². The molecule has 1 N–H and O–H groups in total. The summed E-state index contributed by atoms with van der Waals surface area (Å²) in [5.74, 6) is -0.490. The van der Waals surface area contributed by atoms with Crippen molar-refractivity contribution in [2.45, 2.75) is 19.8 Å². The van der Waals surface area contributed by atoms with Crippen molar-refractivity contribution in [1.82, 2.24) is 4.98 Å². The molecule has 0 aliphatic rings. The molecule has 1 aromatic heterocycles. The van der Waals surface area contributed by atoms with Crippen molar-refractivity contribution in [3.05, 3.63) is 36.0 Å². The predicted octanol–water partition coefficient (Wildman–Crippen LogP) is 2.90. The minimum absolute atomic E-state index is 0.330. The van der Waals surface area contributed by atoms with Gasteiger partial charge in [0, 0.05) is 17.6 Å². The third-order valence-electron chi connectivity index (χ3n) is 3.29. The average molecular weight is 259 g/mol. The highest BCUT2D eigenvalue weighted by Crippen LogP contribution is 2.21. The molecule has 0 aliphatic carbocycles. The maximum Gasteiger partial charge on any atom is 0.306 e. The largest absolute Gasteiger partial charge is 0.481 e. The van der Waals surface area contributed by atoms with Crippen LogP contribution in [-0.2, 0) is 11.2 Å². The Hall–Kier alpha value is -2.10. The first kappa shape index (κ1) is 13.3. The van der Waals surface area contributed by atoms with E-state index in [1.54, 1.807) is 13.3 Å². The SMILES string of the molecule is CCC(Cc1ccc2cc(OC)ncc2c1)C(=O)O. The van der Waals surface area contributed by atoms with Gasteiger partial charge in [-0.25, -0.2) is 4.98 Å². The summed E-state index contributed by atoms with van der Waals surface area (Å²) in [5, 5.41) is 11.1. The fraction of sp³-hybridized carbons (Fsp3) is 0.333. The molecule has 19 heavy (non-hydrogen) atoms. The van der Waals surface area contributed by atoms with E-state index in [-0.39, 0.29) is 5.92 Å². The summed E-state index contributed by atoms with van der Waals surface area (Å²) in [6.07, 6.45) is 2.93. The van der Waals surface area contributed by atoms with Crippen LogP contribution in [0.1, 0.15) is 18.9 Å². The van der Waals surface area contributed by atoms with Crippen LogP contribution >= 0.6 is 0 Å². The summed E-state index contributed by atoms with van der Waals surface area (Å²) in [5.41, 5.74) is 1.02. The third-order valence-corrected chi connectivity index (χ3v) is 3.29. The van der Waals surface area contributed by atoms with Crippen LogP contribution in [0.25, 0.3) is 10.8 Å². The molecule has 4 heteroatoms. The van der Waals surface area contributed by atoms with Gasteiger partial charge in [-0.3, -0.25) is 4.79 Å². The number of ether oxygens (including phenoxy) is 1. The summed E-state index contributed by atoms with van der Waals surface area (Å²) in [4.78, 5) is 15.2. The van der Waals surface area contributed by atoms with Crippen molar-refractivity contribution in [2.24, 2.45) is 5.92 Å². The number of rotatable bonds is 5. The number of nitrogens with zero attached hydrogens (tertiary/aromatic N) is 1. The van der Waals surface area contributed by atoms with Gasteiger partial charge in [-0.15, -0.1) is 0 Å². The van der Waals surface area contributed by atoms with E-state index in [0.717, 1.165) is 16.3 Å². The summed E-state index contributed by atoms with van der Waals surface area (Å²) in [7, 11) is 1.58. The van der Waals surface area contributed by atoms with E-state index < -0.39 is 5.97 Å². The fourth-order valence-electron chi connectivity index (χ4n) is 2.10. The van der Waals surface area contributed by atoms with Crippen LogP contribution in [0.3, 0.4) is 0 Å². The van der Waals surface area contributed by atoms with Crippen molar-refractivity contribution in [3.8, 4) is 5.88 Å². The second-order valence-electron chi connectivity index (χ2n) is 4.56. The van der Waals surface area contributed by atoms with Gasteiger partial charge in [-0.1, -0.05) is 19.1 Å². The summed E-state index contributed by atoms with van der Waals surface area (Å²) < 4.78 is 5.08. The number of pyridine rings is 1. The van der Waals surface area contributed by atoms with Gasteiger partial charge in [0.25, 0.3) is 0 Å². The van der Waals surface area contributed by atoms with Gasteiger partial charge >= 0.3 is 5.97 Å². The first-order valence-corrected chi connectivity index (χ1v) is 6.29. The van der Waals surface area contributed by atoms with E-state index in [2.05, 4.69) is 4.98 Å². The normalized spacial score (nSPS) is 12.3. The van der Waals surface area contributed by atoms with Crippen molar-refractivity contribution in [1.29, 1.82) is 0 Å². The topological polar surface area (TPSA) is 59.4 Å². The lowest BCUT2D eigenvalue weighted by atomic mass is 9.96. The number of carboxylic acid groups (broad SMARTS) is 1. The molecule has 1 atom stereocenters. The molecule has 1 heterocycles. The Bertz CT molecular complexity index is 595. The van der Waals surface area contributed by atoms with Crippen LogP contribution in [-0.4, -0.2) is 23.2 Å². The zero-order valence-electron chi connectivity index (χ0n) is 11.1. The molecule has 0 radical (unpaired) electrons. The summed E-state index contributed by atoms with van der Waals surface area (Å²) >= 11 is 0. The van der Waals surface area contributed by atoms with Gasteiger partial charge in [0.05, 0.1) is 13.0 Å². The van der Waals surface area contributed by atoms with E-state index in [1.165, 1.54) is 0 Å². The average Bonchev–Trinajstić information content (AvgIpc) is 2.43. The maximum absolute atomic E-state index is 11.1. The first-order chi connectivity index (χ1) is 9.13. The van der Waals surface area contributed by atoms with Crippen molar-refractivity contribution in [2.75, 3.05) is 7.11 Å². The number of hydrogen-bond donors (Lipinski definition) is 1. The van der Waals surface area contributed by atoms with Crippen LogP contribution in [0.15, 0.2) is 30.5 Å². The quantitative estimate of drug-likeness (QED) is 0.897. The van der Waals surface area contributed by atoms with Crippen molar-refractivity contribution < 1.29 is 14.6 Å². The molecular formula is C15H17NO3. The third kappa shape index (κ3) is 3.02. The van der Waals surface area contributed by atoms with E-state index >= 15 is 0 Å². The lowest BCUT2D eigenvalue weighted by Crippen LogP contribution is -2.15. The fourth-order valence-corrected chi connectivity index (χ4v) is 2.10. The number of benzene rings is 1. The van der Waals surface area contributed by atoms with Crippen molar-refractivity contribution >= 4 is 16.7 Å². The Balaban J connectivity index is 2.29. The molecule has 1 aromatic carbocycles. The molecule has 2 rings (SSSR count). The van der Waals surface area contributed by atoms with Crippen LogP contribution in [0, 0.1) is 5.92 Å². The Kier molecular flexibility index (Phi) is 4.00. The minimum atomic E-state index is -0.740. The Morgan fingerprint density at radius 3 is 2.79 bits per heavy atom. The number of carboxylic acids is 1. The lowest BCUT2D eigenvalue weighted by Gasteiger charge is -2.10. The molecule has 0 fully saturated rings. The lowest BCUT2D eigenvalue weighted by molar-refractivity contribution is -0.141. The Morgan fingerprint density at radius 1 is 1.37 bits per heavy atom. The van der Waals surface area contributed by atoms with Crippen LogP contribution in [0.5, 0.6) is 5.88 Å². The van der Waals surface area contributed by atoms with Gasteiger partial charge in [0.15, 0.2) is 0 Å². The molecule has 0 amide bonds. The highest BCUT2D eigenvalue weighted by atomic mass is 16.5. The summed E-state index contributed by atoms with van der Waals surface area (Å²) in [6.45, 7) is 1.90. The van der Waals surface area contributed by atoms with E-state index in [1.807, 2.05) is 31.2 Å². The maximum atomic E-state index is 11.1. The number of methoxy groups -OCH3 is 1. The van der Waals surface area contributed by atoms with Gasteiger partial charge in [-0.2, -0.15) is 0 Å². The number of fused-ring (bicyclic) bond motifs is 1. The second-order valence-corrected chi connectivity index (χ2v) is 4.56. The first-order valence-electron chi connectivity index (χ1n) is 6.29. The zero-order valence-corrected chi connectivity index (χ0v) is 11.1. The number of hydrogen-bond acceptors (Lipinski definition) is 3. The van der Waals surface area contributed by atoms with Gasteiger partial charge in [-0.05, 0) is 29.9 Å². The minimum Gasteiger partial charge on any atom is -0.481 e. The molecule has 0 saturated heterocycles. The van der Waals surface area contributed by atoms with Gasteiger partial charge in [0.2, 0.25) is 5.88 Å². The zero-order chi connectivity index (χ0) is 13.8. The smallest absolute Gasteiger partial charge is 0.306 e. The highest BCUT2D eigenvalue weighted by Gasteiger charge is 2.15. The molecule has 4 nitrogen and oxygen atoms in total. The number of aliphatic carboxylic acids is 1. The van der Waals surface area contributed by atoms with Crippen LogP contribution in [0.4, 0.5) is 0 Å². The molecule has 2 aromatic rings. The molecule has 100 valence electrons.